The second kappa shape index (κ2) is 9.68. The van der Waals surface area contributed by atoms with Gasteiger partial charge in [-0.05, 0) is 54.6 Å². The maximum Gasteiger partial charge on any atom is 0.198 e. The number of rotatable bonds is 7. The van der Waals surface area contributed by atoms with Crippen LogP contribution in [0.4, 0.5) is 0 Å². The highest BCUT2D eigenvalue weighted by Crippen LogP contribution is 2.48. The zero-order chi connectivity index (χ0) is 20.1. The highest BCUT2D eigenvalue weighted by molar-refractivity contribution is 8.22. The Kier molecular flexibility index (Phi) is 7.27. The lowest BCUT2D eigenvalue weighted by Crippen LogP contribution is -2.20. The van der Waals surface area contributed by atoms with Gasteiger partial charge in [0.1, 0.15) is 5.75 Å². The minimum absolute atomic E-state index is 0.00398. The average Bonchev–Trinajstić information content (AvgIpc) is 2.69. The molecule has 2 aromatic rings. The lowest BCUT2D eigenvalue weighted by atomic mass is 9.96. The van der Waals surface area contributed by atoms with E-state index in [-0.39, 0.29) is 16.8 Å². The monoisotopic (exact) mass is 432 g/mol. The molecule has 146 valence electrons. The van der Waals surface area contributed by atoms with Crippen LogP contribution in [-0.2, 0) is 4.79 Å². The lowest BCUT2D eigenvalue weighted by Gasteiger charge is -2.25. The van der Waals surface area contributed by atoms with Gasteiger partial charge in [-0.15, -0.1) is 23.5 Å². The second-order valence-electron chi connectivity index (χ2n) is 6.17. The number of Topliss-reactive ketones (excluding diaryl/α,β-unsaturated/α-hetero) is 2. The van der Waals surface area contributed by atoms with Crippen LogP contribution in [0.5, 0.6) is 5.75 Å². The molecule has 0 saturated heterocycles. The number of hydrogen-bond donors (Lipinski definition) is 0. The number of ketones is 2. The molecule has 0 fully saturated rings. The minimum Gasteiger partial charge on any atom is -0.494 e. The zero-order valence-electron chi connectivity index (χ0n) is 15.7. The van der Waals surface area contributed by atoms with Gasteiger partial charge in [0.25, 0.3) is 0 Å². The number of benzene rings is 2. The van der Waals surface area contributed by atoms with Gasteiger partial charge in [0, 0.05) is 22.3 Å². The molecule has 1 atom stereocenters. The van der Waals surface area contributed by atoms with Gasteiger partial charge in [-0.1, -0.05) is 30.7 Å². The fourth-order valence-electron chi connectivity index (χ4n) is 2.95. The maximum atomic E-state index is 13.1. The van der Waals surface area contributed by atoms with Gasteiger partial charge in [-0.25, -0.2) is 0 Å². The summed E-state index contributed by atoms with van der Waals surface area (Å²) in [5.74, 6) is 1.19. The Bertz CT molecular complexity index is 889. The van der Waals surface area contributed by atoms with Gasteiger partial charge in [0.2, 0.25) is 0 Å². The van der Waals surface area contributed by atoms with E-state index in [0.29, 0.717) is 34.9 Å². The first kappa shape index (κ1) is 21.0. The predicted octanol–water partition coefficient (Wildman–Crippen LogP) is 6.33. The molecule has 1 aliphatic rings. The molecule has 0 N–H and O–H groups in total. The largest absolute Gasteiger partial charge is 0.494 e. The topological polar surface area (TPSA) is 43.4 Å². The molecule has 28 heavy (non-hydrogen) atoms. The first-order valence-corrected chi connectivity index (χ1v) is 11.4. The standard InChI is InChI=1S/C22H21ClO3S2/c1-3-26-17-11-7-15(8-12-17)21(25)20-18(24)13-19(28-22(20)27-4-2)14-5-9-16(23)10-6-14/h5-12,19H,3-4,13H2,1-2H3/t19-/m1/s1. The molecule has 3 nitrogen and oxygen atoms in total. The van der Waals surface area contributed by atoms with Crippen molar-refractivity contribution >= 4 is 46.7 Å². The van der Waals surface area contributed by atoms with Crippen molar-refractivity contribution in [3.63, 3.8) is 0 Å². The summed E-state index contributed by atoms with van der Waals surface area (Å²) in [5.41, 5.74) is 1.86. The molecule has 3 rings (SSSR count). The highest BCUT2D eigenvalue weighted by Gasteiger charge is 2.33. The number of carbonyl (C=O) groups excluding carboxylic acids is 2. The molecule has 1 aliphatic heterocycles. The van der Waals surface area contributed by atoms with Crippen molar-refractivity contribution in [2.45, 2.75) is 25.5 Å². The van der Waals surface area contributed by atoms with E-state index in [9.17, 15) is 9.59 Å². The average molecular weight is 433 g/mol. The van der Waals surface area contributed by atoms with Crippen molar-refractivity contribution in [1.29, 1.82) is 0 Å². The minimum atomic E-state index is -0.217. The van der Waals surface area contributed by atoms with E-state index < -0.39 is 0 Å². The van der Waals surface area contributed by atoms with Crippen LogP contribution in [0.1, 0.15) is 41.4 Å². The molecule has 0 unspecified atom stereocenters. The Morgan fingerprint density at radius 3 is 2.43 bits per heavy atom. The third-order valence-corrected chi connectivity index (χ3v) is 7.07. The third-order valence-electron chi connectivity index (χ3n) is 4.27. The molecule has 0 aliphatic carbocycles. The summed E-state index contributed by atoms with van der Waals surface area (Å²) in [7, 11) is 0. The van der Waals surface area contributed by atoms with Gasteiger partial charge in [-0.3, -0.25) is 9.59 Å². The number of thioether (sulfide) groups is 2. The quantitative estimate of drug-likeness (QED) is 0.377. The molecule has 1 heterocycles. The number of carbonyl (C=O) groups is 2. The van der Waals surface area contributed by atoms with Crippen LogP contribution in [0.15, 0.2) is 58.3 Å². The van der Waals surface area contributed by atoms with Gasteiger partial charge in [-0.2, -0.15) is 0 Å². The van der Waals surface area contributed by atoms with Gasteiger partial charge in [0.05, 0.1) is 16.4 Å². The van der Waals surface area contributed by atoms with Gasteiger partial charge < -0.3 is 4.74 Å². The van der Waals surface area contributed by atoms with Crippen LogP contribution >= 0.6 is 35.1 Å². The summed E-state index contributed by atoms with van der Waals surface area (Å²) in [6, 6.07) is 14.5. The van der Waals surface area contributed by atoms with Crippen LogP contribution in [0.2, 0.25) is 5.02 Å². The Morgan fingerprint density at radius 1 is 1.14 bits per heavy atom. The van der Waals surface area contributed by atoms with Crippen molar-refractivity contribution in [3.05, 3.63) is 74.5 Å². The first-order chi connectivity index (χ1) is 13.5. The lowest BCUT2D eigenvalue weighted by molar-refractivity contribution is -0.115. The van der Waals surface area contributed by atoms with E-state index in [1.165, 1.54) is 0 Å². The third kappa shape index (κ3) is 4.83. The smallest absolute Gasteiger partial charge is 0.198 e. The molecule has 6 heteroatoms. The molecular weight excluding hydrogens is 412 g/mol. The van der Waals surface area contributed by atoms with E-state index >= 15 is 0 Å². The summed E-state index contributed by atoms with van der Waals surface area (Å²) in [5, 5.41) is 0.664. The van der Waals surface area contributed by atoms with E-state index in [0.717, 1.165) is 15.6 Å². The molecule has 0 aromatic heterocycles. The summed E-state index contributed by atoms with van der Waals surface area (Å²) < 4.78 is 6.23. The number of hydrogen-bond acceptors (Lipinski definition) is 5. The fourth-order valence-corrected chi connectivity index (χ4v) is 5.77. The summed E-state index contributed by atoms with van der Waals surface area (Å²) in [4.78, 5) is 26.0. The molecule has 0 bridgehead atoms. The summed E-state index contributed by atoms with van der Waals surface area (Å²) >= 11 is 9.12. The van der Waals surface area contributed by atoms with Crippen LogP contribution in [0.3, 0.4) is 0 Å². The van der Waals surface area contributed by atoms with E-state index in [2.05, 4.69) is 0 Å². The Morgan fingerprint density at radius 2 is 1.82 bits per heavy atom. The van der Waals surface area contributed by atoms with Gasteiger partial charge in [0.15, 0.2) is 11.6 Å². The van der Waals surface area contributed by atoms with Crippen molar-refractivity contribution < 1.29 is 14.3 Å². The number of allylic oxidation sites excluding steroid dienone is 1. The van der Waals surface area contributed by atoms with E-state index in [1.807, 2.05) is 38.1 Å². The van der Waals surface area contributed by atoms with Crippen LogP contribution < -0.4 is 4.74 Å². The molecule has 0 radical (unpaired) electrons. The molecule has 2 aromatic carbocycles. The van der Waals surface area contributed by atoms with Crippen LogP contribution in [-0.4, -0.2) is 23.9 Å². The van der Waals surface area contributed by atoms with Crippen molar-refractivity contribution in [1.82, 2.24) is 0 Å². The molecular formula is C22H21ClO3S2. The van der Waals surface area contributed by atoms with E-state index in [4.69, 9.17) is 16.3 Å². The highest BCUT2D eigenvalue weighted by atomic mass is 35.5. The van der Waals surface area contributed by atoms with Crippen LogP contribution in [0.25, 0.3) is 0 Å². The Labute approximate surface area is 178 Å². The van der Waals surface area contributed by atoms with Crippen molar-refractivity contribution in [3.8, 4) is 5.75 Å². The van der Waals surface area contributed by atoms with Crippen molar-refractivity contribution in [2.24, 2.45) is 0 Å². The predicted molar refractivity (Wildman–Crippen MR) is 119 cm³/mol. The summed E-state index contributed by atoms with van der Waals surface area (Å²) in [6.45, 7) is 4.50. The first-order valence-electron chi connectivity index (χ1n) is 9.13. The number of ether oxygens (including phenoxy) is 1. The Balaban J connectivity index is 1.90. The maximum absolute atomic E-state index is 13.1. The normalized spacial score (nSPS) is 17.0. The fraction of sp³-hybridized carbons (Fsp3) is 0.273. The SMILES string of the molecule is CCOc1ccc(C(=O)C2=C(SCC)S[C@@H](c3ccc(Cl)cc3)CC2=O)cc1. The zero-order valence-corrected chi connectivity index (χ0v) is 18.1. The molecule has 0 amide bonds. The van der Waals surface area contributed by atoms with Crippen LogP contribution in [0, 0.1) is 0 Å². The summed E-state index contributed by atoms with van der Waals surface area (Å²) in [6.07, 6.45) is 0.304. The second-order valence-corrected chi connectivity index (χ2v) is 9.35. The van der Waals surface area contributed by atoms with Crippen molar-refractivity contribution in [2.75, 3.05) is 12.4 Å². The van der Waals surface area contributed by atoms with Gasteiger partial charge >= 0.3 is 0 Å². The molecule has 0 spiro atoms. The Hall–Kier alpha value is -1.69. The number of halogens is 1. The van der Waals surface area contributed by atoms with E-state index in [1.54, 1.807) is 47.8 Å². The molecule has 0 saturated carbocycles.